The van der Waals surface area contributed by atoms with Gasteiger partial charge < -0.3 is 0 Å². The molecule has 1 aromatic carbocycles. The summed E-state index contributed by atoms with van der Waals surface area (Å²) < 4.78 is 0. The zero-order chi connectivity index (χ0) is 12.4. The van der Waals surface area contributed by atoms with Crippen LogP contribution in [0.15, 0.2) is 30.3 Å². The molecule has 1 aromatic rings. The minimum absolute atomic E-state index is 0.290. The lowest BCUT2D eigenvalue weighted by Gasteiger charge is -2.38. The van der Waals surface area contributed by atoms with E-state index >= 15 is 0 Å². The van der Waals surface area contributed by atoms with Crippen LogP contribution in [0, 0.1) is 5.92 Å². The van der Waals surface area contributed by atoms with Crippen molar-refractivity contribution in [1.82, 2.24) is 5.43 Å². The second-order valence-corrected chi connectivity index (χ2v) is 6.13. The van der Waals surface area contributed by atoms with E-state index < -0.39 is 0 Å². The number of rotatable bonds is 5. The van der Waals surface area contributed by atoms with Gasteiger partial charge in [0.15, 0.2) is 0 Å². The molecule has 0 bridgehead atoms. The van der Waals surface area contributed by atoms with Gasteiger partial charge in [0.2, 0.25) is 0 Å². The molecule has 1 unspecified atom stereocenters. The number of hydrogen-bond acceptors (Lipinski definition) is 2. The molecular weight excluding hydrogens is 220 g/mol. The number of nitrogens with two attached hydrogens (primary N) is 1. The summed E-state index contributed by atoms with van der Waals surface area (Å²) in [6.07, 6.45) is 9.34. The first-order chi connectivity index (χ1) is 8.85. The van der Waals surface area contributed by atoms with Crippen LogP contribution in [-0.2, 0) is 5.41 Å². The van der Waals surface area contributed by atoms with Crippen LogP contribution in [0.3, 0.4) is 0 Å². The first-order valence-corrected chi connectivity index (χ1v) is 7.37. The van der Waals surface area contributed by atoms with E-state index in [-0.39, 0.29) is 0 Å². The molecule has 3 rings (SSSR count). The highest BCUT2D eigenvalue weighted by atomic mass is 15.2. The Bertz CT molecular complexity index is 377. The third-order valence-corrected chi connectivity index (χ3v) is 4.98. The van der Waals surface area contributed by atoms with Crippen molar-refractivity contribution in [2.45, 2.75) is 56.4 Å². The zero-order valence-electron chi connectivity index (χ0n) is 11.1. The van der Waals surface area contributed by atoms with Gasteiger partial charge in [0.25, 0.3) is 0 Å². The van der Waals surface area contributed by atoms with E-state index in [2.05, 4.69) is 35.8 Å². The van der Waals surface area contributed by atoms with Crippen molar-refractivity contribution in [2.75, 3.05) is 0 Å². The van der Waals surface area contributed by atoms with Crippen LogP contribution in [-0.4, -0.2) is 6.04 Å². The number of hydrazine groups is 1. The smallest absolute Gasteiger partial charge is 0.0310 e. The summed E-state index contributed by atoms with van der Waals surface area (Å²) in [7, 11) is 0. The van der Waals surface area contributed by atoms with Gasteiger partial charge in [-0.25, -0.2) is 0 Å². The molecule has 1 atom stereocenters. The molecule has 3 N–H and O–H groups in total. The number of nitrogens with one attached hydrogen (secondary N) is 1. The summed E-state index contributed by atoms with van der Waals surface area (Å²) in [5, 5.41) is 0. The molecule has 0 spiro atoms. The molecule has 0 aliphatic heterocycles. The number of benzene rings is 1. The fourth-order valence-electron chi connectivity index (χ4n) is 3.75. The normalized spacial score (nSPS) is 24.1. The lowest BCUT2D eigenvalue weighted by atomic mass is 9.71. The van der Waals surface area contributed by atoms with E-state index in [0.29, 0.717) is 11.5 Å². The van der Waals surface area contributed by atoms with Crippen LogP contribution in [0.2, 0.25) is 0 Å². The molecule has 0 saturated heterocycles. The van der Waals surface area contributed by atoms with Crippen LogP contribution in [0.25, 0.3) is 0 Å². The van der Waals surface area contributed by atoms with E-state index in [9.17, 15) is 0 Å². The van der Waals surface area contributed by atoms with Gasteiger partial charge in [-0.1, -0.05) is 56.0 Å². The second kappa shape index (κ2) is 5.02. The molecule has 2 aliphatic carbocycles. The molecule has 2 fully saturated rings. The summed E-state index contributed by atoms with van der Waals surface area (Å²) in [5.41, 5.74) is 4.94. The molecule has 2 nitrogen and oxygen atoms in total. The Kier molecular flexibility index (Phi) is 3.40. The first kappa shape index (κ1) is 12.2. The van der Waals surface area contributed by atoms with Gasteiger partial charge >= 0.3 is 0 Å². The van der Waals surface area contributed by atoms with Crippen molar-refractivity contribution in [3.63, 3.8) is 0 Å². The highest BCUT2D eigenvalue weighted by Gasteiger charge is 2.44. The van der Waals surface area contributed by atoms with Crippen molar-refractivity contribution in [1.29, 1.82) is 0 Å². The van der Waals surface area contributed by atoms with Crippen molar-refractivity contribution in [2.24, 2.45) is 11.8 Å². The van der Waals surface area contributed by atoms with Gasteiger partial charge in [-0.15, -0.1) is 0 Å². The molecule has 0 radical (unpaired) electrons. The fourth-order valence-corrected chi connectivity index (χ4v) is 3.75. The maximum absolute atomic E-state index is 5.90. The van der Waals surface area contributed by atoms with E-state index in [1.165, 1.54) is 50.5 Å². The maximum atomic E-state index is 5.90. The summed E-state index contributed by atoms with van der Waals surface area (Å²) >= 11 is 0. The Balaban J connectivity index is 1.89. The van der Waals surface area contributed by atoms with Gasteiger partial charge in [-0.3, -0.25) is 11.3 Å². The SMILES string of the molecule is NNC(CC1CC1)C1(c2ccccc2)CCCC1. The van der Waals surface area contributed by atoms with Crippen LogP contribution < -0.4 is 11.3 Å². The molecule has 2 aliphatic rings. The van der Waals surface area contributed by atoms with Crippen molar-refractivity contribution < 1.29 is 0 Å². The Morgan fingerprint density at radius 2 is 1.83 bits per heavy atom. The largest absolute Gasteiger partial charge is 0.271 e. The second-order valence-electron chi connectivity index (χ2n) is 6.13. The maximum Gasteiger partial charge on any atom is 0.0310 e. The highest BCUT2D eigenvalue weighted by Crippen LogP contribution is 2.47. The molecule has 0 amide bonds. The lowest BCUT2D eigenvalue weighted by molar-refractivity contribution is 0.274. The Hall–Kier alpha value is -0.860. The summed E-state index contributed by atoms with van der Waals surface area (Å²) in [5.74, 6) is 6.82. The molecule has 2 saturated carbocycles. The van der Waals surface area contributed by atoms with Gasteiger partial charge in [0.1, 0.15) is 0 Å². The molecule has 0 aromatic heterocycles. The molecule has 98 valence electrons. The third kappa shape index (κ3) is 2.19. The fraction of sp³-hybridized carbons (Fsp3) is 0.625. The lowest BCUT2D eigenvalue weighted by Crippen LogP contribution is -2.50. The van der Waals surface area contributed by atoms with Crippen LogP contribution >= 0.6 is 0 Å². The molecular formula is C16H24N2. The van der Waals surface area contributed by atoms with Crippen LogP contribution in [0.5, 0.6) is 0 Å². The number of hydrogen-bond donors (Lipinski definition) is 2. The Labute approximate surface area is 110 Å². The predicted octanol–water partition coefficient (Wildman–Crippen LogP) is 3.13. The third-order valence-electron chi connectivity index (χ3n) is 4.98. The molecule has 2 heteroatoms. The van der Waals surface area contributed by atoms with Crippen molar-refractivity contribution >= 4 is 0 Å². The minimum Gasteiger partial charge on any atom is -0.271 e. The van der Waals surface area contributed by atoms with E-state index in [4.69, 9.17) is 5.84 Å². The Morgan fingerprint density at radius 1 is 1.17 bits per heavy atom. The average molecular weight is 244 g/mol. The monoisotopic (exact) mass is 244 g/mol. The average Bonchev–Trinajstić information content (AvgIpc) is 3.11. The van der Waals surface area contributed by atoms with Crippen LogP contribution in [0.4, 0.5) is 0 Å². The topological polar surface area (TPSA) is 38.0 Å². The van der Waals surface area contributed by atoms with E-state index in [0.717, 1.165) is 5.92 Å². The summed E-state index contributed by atoms with van der Waals surface area (Å²) in [6, 6.07) is 11.5. The minimum atomic E-state index is 0.290. The zero-order valence-corrected chi connectivity index (χ0v) is 11.1. The predicted molar refractivity (Wildman–Crippen MR) is 75.0 cm³/mol. The van der Waals surface area contributed by atoms with Crippen LogP contribution in [0.1, 0.15) is 50.5 Å². The first-order valence-electron chi connectivity index (χ1n) is 7.37. The van der Waals surface area contributed by atoms with Gasteiger partial charge in [-0.05, 0) is 30.7 Å². The van der Waals surface area contributed by atoms with Crippen molar-refractivity contribution in [3.05, 3.63) is 35.9 Å². The van der Waals surface area contributed by atoms with E-state index in [1.807, 2.05) is 0 Å². The summed E-state index contributed by atoms with van der Waals surface area (Å²) in [4.78, 5) is 0. The Morgan fingerprint density at radius 3 is 2.39 bits per heavy atom. The quantitative estimate of drug-likeness (QED) is 0.617. The van der Waals surface area contributed by atoms with Gasteiger partial charge in [-0.2, -0.15) is 0 Å². The summed E-state index contributed by atoms with van der Waals surface area (Å²) in [6.45, 7) is 0. The van der Waals surface area contributed by atoms with Gasteiger partial charge in [0, 0.05) is 11.5 Å². The highest BCUT2D eigenvalue weighted by molar-refractivity contribution is 5.29. The van der Waals surface area contributed by atoms with E-state index in [1.54, 1.807) is 0 Å². The van der Waals surface area contributed by atoms with Crippen molar-refractivity contribution in [3.8, 4) is 0 Å². The standard InChI is InChI=1S/C16H24N2/c17-18-15(12-13-8-9-13)16(10-4-5-11-16)14-6-2-1-3-7-14/h1-3,6-7,13,15,18H,4-5,8-12,17H2. The van der Waals surface area contributed by atoms with Gasteiger partial charge in [0.05, 0.1) is 0 Å². The molecule has 18 heavy (non-hydrogen) atoms. The molecule has 0 heterocycles.